The van der Waals surface area contributed by atoms with Crippen LogP contribution in [0.3, 0.4) is 0 Å². The predicted octanol–water partition coefficient (Wildman–Crippen LogP) is 1.09. The van der Waals surface area contributed by atoms with Gasteiger partial charge in [-0.2, -0.15) is 0 Å². The Balaban J connectivity index is 2.21. The molecule has 0 aromatic rings. The maximum atomic E-state index is 10.8. The Morgan fingerprint density at radius 2 is 2.00 bits per heavy atom. The fourth-order valence-corrected chi connectivity index (χ4v) is 2.40. The molecule has 0 aromatic heterocycles. The van der Waals surface area contributed by atoms with Gasteiger partial charge in [-0.25, -0.2) is 0 Å². The number of nitrogens with zero attached hydrogens (tertiary/aromatic N) is 1. The lowest BCUT2D eigenvalue weighted by molar-refractivity contribution is -0.137. The second kappa shape index (κ2) is 7.36. The molecule has 0 saturated carbocycles. The lowest BCUT2D eigenvalue weighted by Gasteiger charge is -2.36. The van der Waals surface area contributed by atoms with Crippen LogP contribution in [0.25, 0.3) is 0 Å². The molecular formula is C13H24N2O3. The first-order valence-corrected chi connectivity index (χ1v) is 6.69. The lowest BCUT2D eigenvalue weighted by atomic mass is 9.95. The highest BCUT2D eigenvalue weighted by molar-refractivity contribution is 5.72. The minimum Gasteiger partial charge on any atom is -0.481 e. The molecule has 1 rings (SSSR count). The van der Waals surface area contributed by atoms with Gasteiger partial charge in [-0.15, -0.1) is 0 Å². The minimum absolute atomic E-state index is 0.0345. The number of hydrogen-bond donors (Lipinski definition) is 2. The molecular weight excluding hydrogens is 232 g/mol. The van der Waals surface area contributed by atoms with Crippen LogP contribution in [0.4, 0.5) is 0 Å². The van der Waals surface area contributed by atoms with E-state index in [1.165, 1.54) is 0 Å². The molecule has 0 bridgehead atoms. The number of carboxylic acids is 1. The van der Waals surface area contributed by atoms with Crippen molar-refractivity contribution >= 4 is 11.9 Å². The van der Waals surface area contributed by atoms with Gasteiger partial charge in [-0.3, -0.25) is 9.59 Å². The smallest absolute Gasteiger partial charge is 0.303 e. The molecule has 0 aliphatic carbocycles. The summed E-state index contributed by atoms with van der Waals surface area (Å²) < 4.78 is 0. The van der Waals surface area contributed by atoms with Crippen molar-refractivity contribution in [1.82, 2.24) is 10.2 Å². The number of nitrogens with one attached hydrogen (secondary N) is 1. The molecule has 1 atom stereocenters. The van der Waals surface area contributed by atoms with Crippen LogP contribution in [-0.4, -0.2) is 47.6 Å². The van der Waals surface area contributed by atoms with E-state index in [1.54, 1.807) is 6.92 Å². The third kappa shape index (κ3) is 5.49. The Kier molecular flexibility index (Phi) is 6.12. The van der Waals surface area contributed by atoms with Crippen LogP contribution in [0.1, 0.15) is 39.5 Å². The molecule has 5 heteroatoms. The monoisotopic (exact) mass is 256 g/mol. The van der Waals surface area contributed by atoms with Crippen molar-refractivity contribution < 1.29 is 14.7 Å². The van der Waals surface area contributed by atoms with E-state index < -0.39 is 5.97 Å². The van der Waals surface area contributed by atoms with Crippen LogP contribution in [-0.2, 0) is 9.59 Å². The largest absolute Gasteiger partial charge is 0.481 e. The Hall–Kier alpha value is -1.10. The van der Waals surface area contributed by atoms with Gasteiger partial charge in [-0.1, -0.05) is 0 Å². The normalized spacial score (nSPS) is 19.4. The molecule has 1 saturated heterocycles. The van der Waals surface area contributed by atoms with Crippen molar-refractivity contribution in [2.45, 2.75) is 45.6 Å². The molecule has 1 amide bonds. The van der Waals surface area contributed by atoms with Crippen molar-refractivity contribution in [3.05, 3.63) is 0 Å². The Morgan fingerprint density at radius 3 is 2.50 bits per heavy atom. The zero-order chi connectivity index (χ0) is 13.5. The highest BCUT2D eigenvalue weighted by atomic mass is 16.4. The van der Waals surface area contributed by atoms with Crippen molar-refractivity contribution in [1.29, 1.82) is 0 Å². The first kappa shape index (κ1) is 15.0. The first-order valence-electron chi connectivity index (χ1n) is 6.69. The van der Waals surface area contributed by atoms with Crippen LogP contribution in [0.2, 0.25) is 0 Å². The fraction of sp³-hybridized carbons (Fsp3) is 0.846. The summed E-state index contributed by atoms with van der Waals surface area (Å²) in [5, 5.41) is 11.5. The average molecular weight is 256 g/mol. The standard InChI is InChI=1S/C13H24N2O3/c1-10(3-4-13(17)18)15-7-5-12(6-8-15)9-14-11(2)16/h10,12H,3-9H2,1-2H3,(H,14,16)(H,17,18). The fourth-order valence-electron chi connectivity index (χ4n) is 2.40. The number of carboxylic acid groups (broad SMARTS) is 1. The first-order chi connectivity index (χ1) is 8.49. The van der Waals surface area contributed by atoms with Gasteiger partial charge in [-0.05, 0) is 45.2 Å². The van der Waals surface area contributed by atoms with Gasteiger partial charge in [0, 0.05) is 25.9 Å². The summed E-state index contributed by atoms with van der Waals surface area (Å²) >= 11 is 0. The van der Waals surface area contributed by atoms with Gasteiger partial charge < -0.3 is 15.3 Å². The third-order valence-corrected chi connectivity index (χ3v) is 3.69. The van der Waals surface area contributed by atoms with E-state index in [4.69, 9.17) is 5.11 Å². The molecule has 1 fully saturated rings. The summed E-state index contributed by atoms with van der Waals surface area (Å²) in [4.78, 5) is 23.7. The number of piperidine rings is 1. The number of rotatable bonds is 6. The van der Waals surface area contributed by atoms with Crippen molar-refractivity contribution in [3.8, 4) is 0 Å². The number of aliphatic carboxylic acids is 1. The number of carbonyl (C=O) groups excluding carboxylic acids is 1. The summed E-state index contributed by atoms with van der Waals surface area (Å²) in [6.07, 6.45) is 3.12. The lowest BCUT2D eigenvalue weighted by Crippen LogP contribution is -2.42. The van der Waals surface area contributed by atoms with Gasteiger partial charge in [0.1, 0.15) is 0 Å². The Labute approximate surface area is 109 Å². The van der Waals surface area contributed by atoms with Gasteiger partial charge in [0.2, 0.25) is 5.91 Å². The van der Waals surface area contributed by atoms with E-state index in [9.17, 15) is 9.59 Å². The highest BCUT2D eigenvalue weighted by Crippen LogP contribution is 2.19. The second-order valence-corrected chi connectivity index (χ2v) is 5.20. The summed E-state index contributed by atoms with van der Waals surface area (Å²) in [6, 6.07) is 0.336. The predicted molar refractivity (Wildman–Crippen MR) is 69.3 cm³/mol. The molecule has 104 valence electrons. The molecule has 0 aromatic carbocycles. The summed E-state index contributed by atoms with van der Waals surface area (Å²) in [5.41, 5.74) is 0. The number of amides is 1. The summed E-state index contributed by atoms with van der Waals surface area (Å²) in [7, 11) is 0. The summed E-state index contributed by atoms with van der Waals surface area (Å²) in [6.45, 7) is 6.42. The van der Waals surface area contributed by atoms with Crippen molar-refractivity contribution in [2.24, 2.45) is 5.92 Å². The second-order valence-electron chi connectivity index (χ2n) is 5.20. The maximum absolute atomic E-state index is 10.8. The van der Waals surface area contributed by atoms with E-state index in [-0.39, 0.29) is 12.3 Å². The number of carbonyl (C=O) groups is 2. The number of likely N-dealkylation sites (tertiary alicyclic amines) is 1. The summed E-state index contributed by atoms with van der Waals surface area (Å²) in [5.74, 6) is -0.119. The third-order valence-electron chi connectivity index (χ3n) is 3.69. The molecule has 0 spiro atoms. The number of hydrogen-bond acceptors (Lipinski definition) is 3. The quantitative estimate of drug-likeness (QED) is 0.746. The van der Waals surface area contributed by atoms with E-state index in [2.05, 4.69) is 17.1 Å². The molecule has 0 radical (unpaired) electrons. The molecule has 1 heterocycles. The van der Waals surface area contributed by atoms with Gasteiger partial charge in [0.25, 0.3) is 0 Å². The van der Waals surface area contributed by atoms with Crippen LogP contribution in [0, 0.1) is 5.92 Å². The Bertz CT molecular complexity index is 286. The molecule has 1 unspecified atom stereocenters. The molecule has 2 N–H and O–H groups in total. The zero-order valence-electron chi connectivity index (χ0n) is 11.3. The minimum atomic E-state index is -0.720. The van der Waals surface area contributed by atoms with Crippen molar-refractivity contribution in [2.75, 3.05) is 19.6 Å². The molecule has 1 aliphatic rings. The van der Waals surface area contributed by atoms with E-state index in [0.29, 0.717) is 18.4 Å². The van der Waals surface area contributed by atoms with Crippen LogP contribution >= 0.6 is 0 Å². The van der Waals surface area contributed by atoms with Gasteiger partial charge >= 0.3 is 5.97 Å². The van der Waals surface area contributed by atoms with Gasteiger partial charge in [0.15, 0.2) is 0 Å². The molecule has 1 aliphatic heterocycles. The van der Waals surface area contributed by atoms with E-state index >= 15 is 0 Å². The topological polar surface area (TPSA) is 69.6 Å². The van der Waals surface area contributed by atoms with Crippen LogP contribution in [0.5, 0.6) is 0 Å². The highest BCUT2D eigenvalue weighted by Gasteiger charge is 2.22. The average Bonchev–Trinajstić information content (AvgIpc) is 2.34. The maximum Gasteiger partial charge on any atom is 0.303 e. The molecule has 5 nitrogen and oxygen atoms in total. The van der Waals surface area contributed by atoms with Gasteiger partial charge in [0.05, 0.1) is 0 Å². The molecule has 18 heavy (non-hydrogen) atoms. The zero-order valence-corrected chi connectivity index (χ0v) is 11.3. The Morgan fingerprint density at radius 1 is 1.39 bits per heavy atom. The van der Waals surface area contributed by atoms with E-state index in [1.807, 2.05) is 0 Å². The van der Waals surface area contributed by atoms with Crippen LogP contribution < -0.4 is 5.32 Å². The SMILES string of the molecule is CC(=O)NCC1CCN(C(C)CCC(=O)O)CC1. The van der Waals surface area contributed by atoms with Crippen LogP contribution in [0.15, 0.2) is 0 Å². The van der Waals surface area contributed by atoms with Crippen molar-refractivity contribution in [3.63, 3.8) is 0 Å². The van der Waals surface area contributed by atoms with E-state index in [0.717, 1.165) is 32.5 Å².